The molecule has 23 heavy (non-hydrogen) atoms. The fourth-order valence-corrected chi connectivity index (χ4v) is 2.95. The number of aromatic nitrogens is 1. The van der Waals surface area contributed by atoms with Crippen molar-refractivity contribution in [2.45, 2.75) is 19.3 Å². The van der Waals surface area contributed by atoms with E-state index in [1.807, 2.05) is 6.07 Å². The predicted octanol–water partition coefficient (Wildman–Crippen LogP) is 2.74. The Kier molecular flexibility index (Phi) is 4.93. The van der Waals surface area contributed by atoms with Gasteiger partial charge < -0.3 is 15.0 Å². The van der Waals surface area contributed by atoms with Crippen molar-refractivity contribution in [2.75, 3.05) is 20.2 Å². The maximum absolute atomic E-state index is 11.7. The van der Waals surface area contributed by atoms with Gasteiger partial charge in [-0.25, -0.2) is 0 Å². The maximum Gasteiger partial charge on any atom is 0.290 e. The first-order chi connectivity index (χ1) is 11.3. The summed E-state index contributed by atoms with van der Waals surface area (Å²) in [6.07, 6.45) is 6.90. The Labute approximate surface area is 136 Å². The topological polar surface area (TPSA) is 54.1 Å². The van der Waals surface area contributed by atoms with E-state index in [-0.39, 0.29) is 5.56 Å². The van der Waals surface area contributed by atoms with Crippen LogP contribution in [0.15, 0.2) is 46.9 Å². The van der Waals surface area contributed by atoms with Gasteiger partial charge in [-0.2, -0.15) is 0 Å². The van der Waals surface area contributed by atoms with E-state index in [4.69, 9.17) is 4.74 Å². The van der Waals surface area contributed by atoms with Crippen LogP contribution < -0.4 is 15.6 Å². The van der Waals surface area contributed by atoms with Gasteiger partial charge in [0, 0.05) is 18.2 Å². The molecule has 0 radical (unpaired) electrons. The number of methoxy groups -OCH3 is 1. The zero-order valence-electron chi connectivity index (χ0n) is 13.4. The van der Waals surface area contributed by atoms with Gasteiger partial charge >= 0.3 is 0 Å². The first kappa shape index (κ1) is 15.6. The number of aromatic amines is 1. The largest absolute Gasteiger partial charge is 0.491 e. The molecule has 0 aliphatic carbocycles. The number of piperidine rings is 1. The molecular formula is C19H22N2O2. The minimum atomic E-state index is -0.183. The molecule has 0 spiro atoms. The Balaban J connectivity index is 1.75. The molecule has 4 heteroatoms. The van der Waals surface area contributed by atoms with Gasteiger partial charge in [-0.15, -0.1) is 0 Å². The smallest absolute Gasteiger partial charge is 0.290 e. The third-order valence-corrected chi connectivity index (χ3v) is 4.19. The number of H-pyrrole nitrogens is 1. The molecule has 1 aliphatic heterocycles. The third-order valence-electron chi connectivity index (χ3n) is 4.19. The van der Waals surface area contributed by atoms with Crippen molar-refractivity contribution in [1.82, 2.24) is 10.3 Å². The van der Waals surface area contributed by atoms with E-state index < -0.39 is 0 Å². The molecule has 0 saturated carbocycles. The predicted molar refractivity (Wildman–Crippen MR) is 92.9 cm³/mol. The summed E-state index contributed by atoms with van der Waals surface area (Å²) < 4.78 is 5.21. The summed E-state index contributed by atoms with van der Waals surface area (Å²) in [6, 6.07) is 10.4. The molecule has 4 nitrogen and oxygen atoms in total. The van der Waals surface area contributed by atoms with Crippen molar-refractivity contribution >= 4 is 6.08 Å². The summed E-state index contributed by atoms with van der Waals surface area (Å²) in [6.45, 7) is 2.15. The first-order valence-corrected chi connectivity index (χ1v) is 8.00. The van der Waals surface area contributed by atoms with Gasteiger partial charge in [-0.05, 0) is 43.1 Å². The van der Waals surface area contributed by atoms with Crippen LogP contribution in [0.25, 0.3) is 6.08 Å². The molecule has 2 aromatic rings. The average molecular weight is 310 g/mol. The van der Waals surface area contributed by atoms with Gasteiger partial charge in [0.25, 0.3) is 5.56 Å². The quantitative estimate of drug-likeness (QED) is 0.913. The molecule has 2 N–H and O–H groups in total. The number of rotatable bonds is 4. The fraction of sp³-hybridized carbons (Fsp3) is 0.316. The lowest BCUT2D eigenvalue weighted by atomic mass is 10.00. The van der Waals surface area contributed by atoms with Gasteiger partial charge in [-0.1, -0.05) is 35.9 Å². The van der Waals surface area contributed by atoms with Gasteiger partial charge in [0.15, 0.2) is 5.75 Å². The summed E-state index contributed by atoms with van der Waals surface area (Å²) in [4.78, 5) is 14.4. The molecule has 1 aromatic carbocycles. The van der Waals surface area contributed by atoms with Crippen LogP contribution in [0, 0.1) is 0 Å². The molecule has 120 valence electrons. The summed E-state index contributed by atoms with van der Waals surface area (Å²) in [5.74, 6) is 0.397. The highest BCUT2D eigenvalue weighted by Gasteiger charge is 2.08. The highest BCUT2D eigenvalue weighted by Crippen LogP contribution is 2.19. The zero-order valence-corrected chi connectivity index (χ0v) is 13.4. The van der Waals surface area contributed by atoms with Crippen molar-refractivity contribution in [3.8, 4) is 5.75 Å². The minimum Gasteiger partial charge on any atom is -0.491 e. The molecule has 3 rings (SSSR count). The molecule has 0 atom stereocenters. The van der Waals surface area contributed by atoms with Crippen molar-refractivity contribution in [3.05, 3.63) is 69.1 Å². The van der Waals surface area contributed by atoms with E-state index in [0.717, 1.165) is 31.5 Å². The summed E-state index contributed by atoms with van der Waals surface area (Å²) in [5.41, 5.74) is 4.63. The van der Waals surface area contributed by atoms with Gasteiger partial charge in [0.05, 0.1) is 7.11 Å². The van der Waals surface area contributed by atoms with Crippen molar-refractivity contribution in [3.63, 3.8) is 0 Å². The summed E-state index contributed by atoms with van der Waals surface area (Å²) in [5, 5.41) is 3.37. The highest BCUT2D eigenvalue weighted by atomic mass is 16.5. The van der Waals surface area contributed by atoms with Gasteiger partial charge in [-0.3, -0.25) is 4.79 Å². The van der Waals surface area contributed by atoms with Crippen molar-refractivity contribution in [1.29, 1.82) is 0 Å². The second kappa shape index (κ2) is 7.29. The van der Waals surface area contributed by atoms with E-state index in [1.54, 1.807) is 6.20 Å². The van der Waals surface area contributed by atoms with Crippen molar-refractivity contribution < 1.29 is 4.74 Å². The first-order valence-electron chi connectivity index (χ1n) is 8.00. The van der Waals surface area contributed by atoms with Crippen LogP contribution in [0.3, 0.4) is 0 Å². The van der Waals surface area contributed by atoms with Crippen LogP contribution in [0.5, 0.6) is 5.75 Å². The molecule has 1 aromatic heterocycles. The third kappa shape index (κ3) is 3.90. The van der Waals surface area contributed by atoms with E-state index >= 15 is 0 Å². The normalized spacial score (nSPS) is 14.6. The molecule has 2 heterocycles. The fourth-order valence-electron chi connectivity index (χ4n) is 2.95. The average Bonchev–Trinajstić information content (AvgIpc) is 2.58. The monoisotopic (exact) mass is 310 g/mol. The second-order valence-electron chi connectivity index (χ2n) is 5.84. The van der Waals surface area contributed by atoms with Crippen LogP contribution in [0.1, 0.15) is 29.5 Å². The Morgan fingerprint density at radius 3 is 2.57 bits per heavy atom. The van der Waals surface area contributed by atoms with E-state index in [2.05, 4.69) is 40.6 Å². The Hall–Kier alpha value is -2.33. The Morgan fingerprint density at radius 1 is 1.13 bits per heavy atom. The zero-order chi connectivity index (χ0) is 16.1. The highest BCUT2D eigenvalue weighted by molar-refractivity contribution is 5.54. The molecular weight excluding hydrogens is 288 g/mol. The lowest BCUT2D eigenvalue weighted by molar-refractivity contribution is 0.404. The number of nitrogens with one attached hydrogen (secondary N) is 2. The van der Waals surface area contributed by atoms with Gasteiger partial charge in [0.2, 0.25) is 0 Å². The van der Waals surface area contributed by atoms with Crippen molar-refractivity contribution in [2.24, 2.45) is 0 Å². The molecule has 0 bridgehead atoms. The Morgan fingerprint density at radius 2 is 1.87 bits per heavy atom. The molecule has 1 saturated heterocycles. The van der Waals surface area contributed by atoms with E-state index in [9.17, 15) is 4.79 Å². The minimum absolute atomic E-state index is 0.183. The molecule has 0 amide bonds. The number of pyridine rings is 1. The van der Waals surface area contributed by atoms with Crippen LogP contribution in [0.2, 0.25) is 0 Å². The second-order valence-corrected chi connectivity index (χ2v) is 5.84. The van der Waals surface area contributed by atoms with E-state index in [0.29, 0.717) is 12.2 Å². The number of hydrogen-bond donors (Lipinski definition) is 2. The Bertz CT molecular complexity index is 737. The SMILES string of the molecule is COc1c(Cc2ccc(C=C3CCNCC3)cc2)cc[nH]c1=O. The molecule has 1 fully saturated rings. The summed E-state index contributed by atoms with van der Waals surface area (Å²) >= 11 is 0. The van der Waals surface area contributed by atoms with Crippen LogP contribution >= 0.6 is 0 Å². The van der Waals surface area contributed by atoms with Crippen LogP contribution in [-0.2, 0) is 6.42 Å². The summed E-state index contributed by atoms with van der Waals surface area (Å²) in [7, 11) is 1.53. The van der Waals surface area contributed by atoms with Gasteiger partial charge in [0.1, 0.15) is 0 Å². The number of benzene rings is 1. The maximum atomic E-state index is 11.7. The number of hydrogen-bond acceptors (Lipinski definition) is 3. The van der Waals surface area contributed by atoms with E-state index in [1.165, 1.54) is 23.8 Å². The number of ether oxygens (including phenoxy) is 1. The van der Waals surface area contributed by atoms with Crippen LogP contribution in [-0.4, -0.2) is 25.2 Å². The van der Waals surface area contributed by atoms with Crippen LogP contribution in [0.4, 0.5) is 0 Å². The standard InChI is InChI=1S/C19H22N2O2/c1-23-18-17(8-11-21-19(18)22)13-15-4-2-14(3-5-15)12-16-6-9-20-10-7-16/h2-5,8,11-12,20H,6-7,9-10,13H2,1H3,(H,21,22). The lowest BCUT2D eigenvalue weighted by Crippen LogP contribution is -2.22. The molecule has 0 unspecified atom stereocenters. The lowest BCUT2D eigenvalue weighted by Gasteiger charge is -2.15. The molecule has 1 aliphatic rings.